The summed E-state index contributed by atoms with van der Waals surface area (Å²) in [5, 5.41) is 9.48. The van der Waals surface area contributed by atoms with Gasteiger partial charge in [-0.1, -0.05) is 30.3 Å². The van der Waals surface area contributed by atoms with Gasteiger partial charge in [-0.3, -0.25) is 9.59 Å². The average molecular weight is 324 g/mol. The van der Waals surface area contributed by atoms with Gasteiger partial charge in [0.2, 0.25) is 11.8 Å². The zero-order chi connectivity index (χ0) is 17.1. The molecular weight excluding hydrogens is 304 g/mol. The molecule has 0 atom stereocenters. The molecule has 0 spiro atoms. The van der Waals surface area contributed by atoms with E-state index in [0.717, 1.165) is 16.8 Å². The lowest BCUT2D eigenvalue weighted by Crippen LogP contribution is -2.53. The number of phenolic OH excluding ortho intramolecular Hbond substituents is 1. The minimum atomic E-state index is -0.0987. The number of amides is 2. The van der Waals surface area contributed by atoms with Crippen LogP contribution in [0.4, 0.5) is 5.69 Å². The molecule has 1 N–H and O–H groups in total. The molecule has 0 radical (unpaired) electrons. The van der Waals surface area contributed by atoms with E-state index in [4.69, 9.17) is 0 Å². The lowest BCUT2D eigenvalue weighted by atomic mass is 10.1. The van der Waals surface area contributed by atoms with Crippen molar-refractivity contribution in [2.75, 3.05) is 24.5 Å². The number of hydrogen-bond donors (Lipinski definition) is 1. The number of piperazine rings is 1. The number of carbonyl (C=O) groups is 2. The summed E-state index contributed by atoms with van der Waals surface area (Å²) in [7, 11) is 0. The Morgan fingerprint density at radius 1 is 1.12 bits per heavy atom. The summed E-state index contributed by atoms with van der Waals surface area (Å²) >= 11 is 0. The number of nitrogens with zero attached hydrogens (tertiary/aromatic N) is 2. The highest BCUT2D eigenvalue weighted by atomic mass is 16.3. The molecule has 0 aliphatic carbocycles. The fourth-order valence-corrected chi connectivity index (χ4v) is 2.96. The van der Waals surface area contributed by atoms with Crippen molar-refractivity contribution in [1.29, 1.82) is 0 Å². The molecule has 1 fully saturated rings. The third-order valence-corrected chi connectivity index (χ3v) is 4.25. The van der Waals surface area contributed by atoms with Crippen LogP contribution in [0.15, 0.2) is 48.5 Å². The number of aryl methyl sites for hydroxylation is 1. The molecule has 2 amide bonds. The van der Waals surface area contributed by atoms with Gasteiger partial charge in [0.25, 0.3) is 0 Å². The number of anilines is 1. The maximum atomic E-state index is 12.5. The number of benzene rings is 2. The van der Waals surface area contributed by atoms with E-state index < -0.39 is 0 Å². The molecule has 1 heterocycles. The second-order valence-corrected chi connectivity index (χ2v) is 5.99. The lowest BCUT2D eigenvalue weighted by molar-refractivity contribution is -0.136. The van der Waals surface area contributed by atoms with Crippen molar-refractivity contribution in [1.82, 2.24) is 4.90 Å². The van der Waals surface area contributed by atoms with Gasteiger partial charge in [0.15, 0.2) is 0 Å². The van der Waals surface area contributed by atoms with Crippen LogP contribution in [0.2, 0.25) is 0 Å². The van der Waals surface area contributed by atoms with Crippen LogP contribution in [-0.2, 0) is 16.0 Å². The molecule has 3 rings (SSSR count). The van der Waals surface area contributed by atoms with Crippen LogP contribution in [0.25, 0.3) is 0 Å². The maximum Gasteiger partial charge on any atom is 0.246 e. The predicted molar refractivity (Wildman–Crippen MR) is 91.9 cm³/mol. The summed E-state index contributed by atoms with van der Waals surface area (Å²) in [6.07, 6.45) is 0.187. The fraction of sp³-hybridized carbons (Fsp3) is 0.263. The number of carbonyl (C=O) groups excluding carboxylic acids is 2. The van der Waals surface area contributed by atoms with E-state index in [2.05, 4.69) is 0 Å². The quantitative estimate of drug-likeness (QED) is 0.941. The van der Waals surface area contributed by atoms with Crippen molar-refractivity contribution in [2.45, 2.75) is 13.3 Å². The summed E-state index contributed by atoms with van der Waals surface area (Å²) in [6.45, 7) is 3.07. The van der Waals surface area contributed by atoms with Gasteiger partial charge in [-0.05, 0) is 36.2 Å². The van der Waals surface area contributed by atoms with E-state index in [0.29, 0.717) is 13.1 Å². The first-order valence-corrected chi connectivity index (χ1v) is 7.96. The molecule has 0 saturated carbocycles. The van der Waals surface area contributed by atoms with Gasteiger partial charge in [0, 0.05) is 18.8 Å². The Bertz CT molecular complexity index is 773. The first kappa shape index (κ1) is 16.1. The molecule has 5 nitrogen and oxygen atoms in total. The van der Waals surface area contributed by atoms with Crippen LogP contribution >= 0.6 is 0 Å². The number of aromatic hydroxyl groups is 1. The van der Waals surface area contributed by atoms with Gasteiger partial charge in [-0.25, -0.2) is 0 Å². The van der Waals surface area contributed by atoms with Crippen molar-refractivity contribution < 1.29 is 14.7 Å². The van der Waals surface area contributed by atoms with Crippen molar-refractivity contribution in [3.05, 3.63) is 59.7 Å². The molecule has 0 unspecified atom stereocenters. The first-order valence-electron chi connectivity index (χ1n) is 7.96. The van der Waals surface area contributed by atoms with Crippen molar-refractivity contribution in [2.24, 2.45) is 0 Å². The molecule has 24 heavy (non-hydrogen) atoms. The van der Waals surface area contributed by atoms with Crippen LogP contribution in [-0.4, -0.2) is 41.5 Å². The summed E-state index contributed by atoms with van der Waals surface area (Å²) in [5.41, 5.74) is 2.70. The third kappa shape index (κ3) is 3.40. The topological polar surface area (TPSA) is 60.9 Å². The Kier molecular flexibility index (Phi) is 4.51. The maximum absolute atomic E-state index is 12.5. The van der Waals surface area contributed by atoms with Crippen LogP contribution in [0.3, 0.4) is 0 Å². The lowest BCUT2D eigenvalue weighted by Gasteiger charge is -2.35. The number of rotatable bonds is 3. The van der Waals surface area contributed by atoms with E-state index in [1.165, 1.54) is 0 Å². The summed E-state index contributed by atoms with van der Waals surface area (Å²) in [4.78, 5) is 28.2. The van der Waals surface area contributed by atoms with Gasteiger partial charge < -0.3 is 14.9 Å². The van der Waals surface area contributed by atoms with Gasteiger partial charge in [0.05, 0.1) is 6.42 Å². The summed E-state index contributed by atoms with van der Waals surface area (Å²) in [5.74, 6) is -0.0288. The minimum absolute atomic E-state index is 0.0696. The smallest absolute Gasteiger partial charge is 0.246 e. The fourth-order valence-electron chi connectivity index (χ4n) is 2.96. The Morgan fingerprint density at radius 2 is 1.92 bits per heavy atom. The van der Waals surface area contributed by atoms with Crippen LogP contribution < -0.4 is 4.90 Å². The SMILES string of the molecule is Cc1ccccc1N1CCN(C(=O)Cc2cccc(O)c2)CC1=O. The summed E-state index contributed by atoms with van der Waals surface area (Å²) in [6, 6.07) is 14.4. The number of phenols is 1. The molecule has 0 bridgehead atoms. The van der Waals surface area contributed by atoms with Crippen molar-refractivity contribution in [3.8, 4) is 5.75 Å². The predicted octanol–water partition coefficient (Wildman–Crippen LogP) is 2.12. The van der Waals surface area contributed by atoms with Crippen LogP contribution in [0, 0.1) is 6.92 Å². The molecule has 2 aromatic carbocycles. The van der Waals surface area contributed by atoms with E-state index in [1.807, 2.05) is 31.2 Å². The average Bonchev–Trinajstić information content (AvgIpc) is 2.55. The highest BCUT2D eigenvalue weighted by Gasteiger charge is 2.28. The molecular formula is C19H20N2O3. The van der Waals surface area contributed by atoms with E-state index in [-0.39, 0.29) is 30.5 Å². The van der Waals surface area contributed by atoms with Crippen molar-refractivity contribution >= 4 is 17.5 Å². The Morgan fingerprint density at radius 3 is 2.62 bits per heavy atom. The highest BCUT2D eigenvalue weighted by molar-refractivity contribution is 5.98. The molecule has 0 aromatic heterocycles. The zero-order valence-corrected chi connectivity index (χ0v) is 13.6. The van der Waals surface area contributed by atoms with Gasteiger partial charge in [0.1, 0.15) is 12.3 Å². The highest BCUT2D eigenvalue weighted by Crippen LogP contribution is 2.22. The van der Waals surface area contributed by atoms with Crippen LogP contribution in [0.5, 0.6) is 5.75 Å². The number of para-hydroxylation sites is 1. The Hall–Kier alpha value is -2.82. The van der Waals surface area contributed by atoms with E-state index >= 15 is 0 Å². The van der Waals surface area contributed by atoms with Gasteiger partial charge in [-0.2, -0.15) is 0 Å². The second-order valence-electron chi connectivity index (χ2n) is 5.99. The molecule has 1 saturated heterocycles. The standard InChI is InChI=1S/C19H20N2O3/c1-14-5-2-3-8-17(14)21-10-9-20(13-19(21)24)18(23)12-15-6-4-7-16(22)11-15/h2-8,11,22H,9-10,12-13H2,1H3. The monoisotopic (exact) mass is 324 g/mol. The van der Waals surface area contributed by atoms with Crippen molar-refractivity contribution in [3.63, 3.8) is 0 Å². The third-order valence-electron chi connectivity index (χ3n) is 4.25. The van der Waals surface area contributed by atoms with Crippen LogP contribution in [0.1, 0.15) is 11.1 Å². The van der Waals surface area contributed by atoms with E-state index in [1.54, 1.807) is 34.1 Å². The number of hydrogen-bond acceptors (Lipinski definition) is 3. The first-order chi connectivity index (χ1) is 11.5. The zero-order valence-electron chi connectivity index (χ0n) is 13.6. The Balaban J connectivity index is 1.66. The van der Waals surface area contributed by atoms with Gasteiger partial charge in [-0.15, -0.1) is 0 Å². The Labute approximate surface area is 141 Å². The molecule has 124 valence electrons. The molecule has 1 aliphatic heterocycles. The molecule has 5 heteroatoms. The second kappa shape index (κ2) is 6.74. The van der Waals surface area contributed by atoms with E-state index in [9.17, 15) is 14.7 Å². The summed E-state index contributed by atoms with van der Waals surface area (Å²) < 4.78 is 0. The largest absolute Gasteiger partial charge is 0.508 e. The normalized spacial score (nSPS) is 14.8. The van der Waals surface area contributed by atoms with Gasteiger partial charge >= 0.3 is 0 Å². The minimum Gasteiger partial charge on any atom is -0.508 e. The molecule has 2 aromatic rings. The molecule has 1 aliphatic rings.